The van der Waals surface area contributed by atoms with Crippen molar-refractivity contribution in [3.63, 3.8) is 0 Å². The molecule has 0 aromatic rings. The third kappa shape index (κ3) is 3.25. The highest BCUT2D eigenvalue weighted by Crippen LogP contribution is 2.32. The van der Waals surface area contributed by atoms with Crippen molar-refractivity contribution in [3.8, 4) is 0 Å². The molecule has 0 amide bonds. The molecule has 2 N–H and O–H groups in total. The standard InChI is InChI=1S/C15H28N2O/c1-2-6-15-12(4-1)10-13(17-15)11-16-8-7-14-5-3-9-18-14/h12-17H,1-11H2. The molecule has 2 saturated heterocycles. The molecule has 4 atom stereocenters. The monoisotopic (exact) mass is 252 g/mol. The maximum atomic E-state index is 5.65. The van der Waals surface area contributed by atoms with E-state index in [-0.39, 0.29) is 0 Å². The fourth-order valence-corrected chi connectivity index (χ4v) is 4.00. The zero-order chi connectivity index (χ0) is 12.2. The minimum absolute atomic E-state index is 0.539. The van der Waals surface area contributed by atoms with E-state index in [9.17, 15) is 0 Å². The van der Waals surface area contributed by atoms with Gasteiger partial charge in [0.05, 0.1) is 6.10 Å². The largest absolute Gasteiger partial charge is 0.378 e. The number of fused-ring (bicyclic) bond motifs is 1. The van der Waals surface area contributed by atoms with E-state index in [2.05, 4.69) is 10.6 Å². The zero-order valence-electron chi connectivity index (χ0n) is 11.5. The van der Waals surface area contributed by atoms with Crippen molar-refractivity contribution in [2.45, 2.75) is 69.6 Å². The molecule has 0 bridgehead atoms. The van der Waals surface area contributed by atoms with E-state index in [0.29, 0.717) is 6.10 Å². The number of nitrogens with one attached hydrogen (secondary N) is 2. The molecule has 0 aromatic heterocycles. The first-order valence-electron chi connectivity index (χ1n) is 8.00. The molecule has 1 saturated carbocycles. The SMILES string of the molecule is C1COC(CCNCC2CC3CCCCC3N2)C1. The second kappa shape index (κ2) is 6.36. The average Bonchev–Trinajstić information content (AvgIpc) is 3.03. The van der Waals surface area contributed by atoms with Crippen LogP contribution in [-0.2, 0) is 4.74 Å². The van der Waals surface area contributed by atoms with Crippen molar-refractivity contribution >= 4 is 0 Å². The van der Waals surface area contributed by atoms with Crippen molar-refractivity contribution in [2.75, 3.05) is 19.7 Å². The first-order valence-corrected chi connectivity index (χ1v) is 8.00. The number of hydrogen-bond acceptors (Lipinski definition) is 3. The maximum absolute atomic E-state index is 5.65. The number of ether oxygens (including phenoxy) is 1. The van der Waals surface area contributed by atoms with Gasteiger partial charge in [0.1, 0.15) is 0 Å². The lowest BCUT2D eigenvalue weighted by Gasteiger charge is -2.24. The topological polar surface area (TPSA) is 33.3 Å². The Kier molecular flexibility index (Phi) is 4.55. The Morgan fingerprint density at radius 3 is 2.89 bits per heavy atom. The molecule has 3 aliphatic rings. The van der Waals surface area contributed by atoms with Crippen LogP contribution in [-0.4, -0.2) is 37.9 Å². The van der Waals surface area contributed by atoms with E-state index in [4.69, 9.17) is 4.74 Å². The molecule has 18 heavy (non-hydrogen) atoms. The van der Waals surface area contributed by atoms with Crippen molar-refractivity contribution < 1.29 is 4.74 Å². The average molecular weight is 252 g/mol. The van der Waals surface area contributed by atoms with Gasteiger partial charge in [0.15, 0.2) is 0 Å². The van der Waals surface area contributed by atoms with Crippen LogP contribution < -0.4 is 10.6 Å². The van der Waals surface area contributed by atoms with Gasteiger partial charge in [-0.05, 0) is 51.0 Å². The highest BCUT2D eigenvalue weighted by atomic mass is 16.5. The highest BCUT2D eigenvalue weighted by Gasteiger charge is 2.34. The van der Waals surface area contributed by atoms with E-state index in [1.807, 2.05) is 0 Å². The highest BCUT2D eigenvalue weighted by molar-refractivity contribution is 4.93. The van der Waals surface area contributed by atoms with Crippen molar-refractivity contribution in [2.24, 2.45) is 5.92 Å². The second-order valence-electron chi connectivity index (χ2n) is 6.38. The first-order chi connectivity index (χ1) is 8.92. The molecule has 1 aliphatic carbocycles. The maximum Gasteiger partial charge on any atom is 0.0588 e. The smallest absolute Gasteiger partial charge is 0.0588 e. The van der Waals surface area contributed by atoms with Gasteiger partial charge < -0.3 is 15.4 Å². The lowest BCUT2D eigenvalue weighted by Crippen LogP contribution is -2.39. The fraction of sp³-hybridized carbons (Fsp3) is 1.00. The second-order valence-corrected chi connectivity index (χ2v) is 6.38. The van der Waals surface area contributed by atoms with Crippen LogP contribution in [0, 0.1) is 5.92 Å². The summed E-state index contributed by atoms with van der Waals surface area (Å²) in [6, 6.07) is 1.56. The Balaban J connectivity index is 1.29. The van der Waals surface area contributed by atoms with Gasteiger partial charge >= 0.3 is 0 Å². The van der Waals surface area contributed by atoms with Crippen LogP contribution in [0.15, 0.2) is 0 Å². The van der Waals surface area contributed by atoms with Crippen LogP contribution in [0.25, 0.3) is 0 Å². The zero-order valence-corrected chi connectivity index (χ0v) is 11.5. The van der Waals surface area contributed by atoms with Gasteiger partial charge in [-0.15, -0.1) is 0 Å². The summed E-state index contributed by atoms with van der Waals surface area (Å²) in [5.41, 5.74) is 0. The predicted octanol–water partition coefficient (Wildman–Crippen LogP) is 2.07. The lowest BCUT2D eigenvalue weighted by molar-refractivity contribution is 0.104. The Hall–Kier alpha value is -0.120. The summed E-state index contributed by atoms with van der Waals surface area (Å²) in [6.45, 7) is 3.26. The molecule has 0 aromatic carbocycles. The van der Waals surface area contributed by atoms with E-state index in [1.54, 1.807) is 0 Å². The summed E-state index contributed by atoms with van der Waals surface area (Å²) < 4.78 is 5.65. The van der Waals surface area contributed by atoms with Gasteiger partial charge in [-0.25, -0.2) is 0 Å². The van der Waals surface area contributed by atoms with Crippen LogP contribution in [0.3, 0.4) is 0 Å². The number of rotatable bonds is 5. The normalized spacial score (nSPS) is 40.0. The molecule has 3 fully saturated rings. The third-order valence-corrected chi connectivity index (χ3v) is 5.00. The van der Waals surface area contributed by atoms with Crippen molar-refractivity contribution in [1.82, 2.24) is 10.6 Å². The van der Waals surface area contributed by atoms with Gasteiger partial charge in [-0.2, -0.15) is 0 Å². The molecular formula is C15H28N2O. The summed E-state index contributed by atoms with van der Waals surface area (Å²) in [6.07, 6.45) is 11.4. The van der Waals surface area contributed by atoms with E-state index >= 15 is 0 Å². The molecule has 3 nitrogen and oxygen atoms in total. The minimum Gasteiger partial charge on any atom is -0.378 e. The summed E-state index contributed by atoms with van der Waals surface area (Å²) in [5.74, 6) is 0.976. The molecule has 3 rings (SSSR count). The van der Waals surface area contributed by atoms with Gasteiger partial charge in [-0.1, -0.05) is 12.8 Å². The molecule has 0 radical (unpaired) electrons. The Morgan fingerprint density at radius 1 is 1.11 bits per heavy atom. The van der Waals surface area contributed by atoms with Crippen LogP contribution in [0.5, 0.6) is 0 Å². The van der Waals surface area contributed by atoms with Crippen LogP contribution in [0.4, 0.5) is 0 Å². The summed E-state index contributed by atoms with van der Waals surface area (Å²) in [4.78, 5) is 0. The lowest BCUT2D eigenvalue weighted by atomic mass is 9.85. The van der Waals surface area contributed by atoms with E-state index < -0.39 is 0 Å². The van der Waals surface area contributed by atoms with Crippen LogP contribution >= 0.6 is 0 Å². The van der Waals surface area contributed by atoms with E-state index in [1.165, 1.54) is 51.4 Å². The van der Waals surface area contributed by atoms with Crippen molar-refractivity contribution in [3.05, 3.63) is 0 Å². The Labute approximate surface area is 111 Å². The van der Waals surface area contributed by atoms with Crippen molar-refractivity contribution in [1.29, 1.82) is 0 Å². The molecule has 3 heteroatoms. The summed E-state index contributed by atoms with van der Waals surface area (Å²) >= 11 is 0. The quantitative estimate of drug-likeness (QED) is 0.735. The Bertz CT molecular complexity index is 239. The molecule has 2 heterocycles. The fourth-order valence-electron chi connectivity index (χ4n) is 4.00. The van der Waals surface area contributed by atoms with Crippen LogP contribution in [0.1, 0.15) is 51.4 Å². The Morgan fingerprint density at radius 2 is 2.06 bits per heavy atom. The molecule has 2 aliphatic heterocycles. The minimum atomic E-state index is 0.539. The van der Waals surface area contributed by atoms with Gasteiger partial charge in [0.25, 0.3) is 0 Å². The van der Waals surface area contributed by atoms with Crippen LogP contribution in [0.2, 0.25) is 0 Å². The molecule has 104 valence electrons. The molecule has 4 unspecified atom stereocenters. The van der Waals surface area contributed by atoms with Gasteiger partial charge in [-0.3, -0.25) is 0 Å². The molecule has 0 spiro atoms. The third-order valence-electron chi connectivity index (χ3n) is 5.00. The predicted molar refractivity (Wildman–Crippen MR) is 73.7 cm³/mol. The molecular weight excluding hydrogens is 224 g/mol. The van der Waals surface area contributed by atoms with E-state index in [0.717, 1.165) is 37.7 Å². The first kappa shape index (κ1) is 12.9. The number of hydrogen-bond donors (Lipinski definition) is 2. The summed E-state index contributed by atoms with van der Waals surface area (Å²) in [7, 11) is 0. The summed E-state index contributed by atoms with van der Waals surface area (Å²) in [5, 5.41) is 7.45. The van der Waals surface area contributed by atoms with Gasteiger partial charge in [0, 0.05) is 25.2 Å². The van der Waals surface area contributed by atoms with Gasteiger partial charge in [0.2, 0.25) is 0 Å².